The summed E-state index contributed by atoms with van der Waals surface area (Å²) in [5.41, 5.74) is 2.62. The number of aromatic nitrogens is 2. The summed E-state index contributed by atoms with van der Waals surface area (Å²) >= 11 is 0. The SMILES string of the molecule is CCc1nnc(NCCC(C)C)c(C#N)c1CC. The van der Waals surface area contributed by atoms with Gasteiger partial charge in [-0.05, 0) is 30.7 Å². The first-order valence-corrected chi connectivity index (χ1v) is 6.66. The summed E-state index contributed by atoms with van der Waals surface area (Å²) in [7, 11) is 0. The Hall–Kier alpha value is -1.63. The predicted molar refractivity (Wildman–Crippen MR) is 73.4 cm³/mol. The van der Waals surface area contributed by atoms with Crippen molar-refractivity contribution in [3.63, 3.8) is 0 Å². The summed E-state index contributed by atoms with van der Waals surface area (Å²) in [5, 5.41) is 20.9. The molecule has 1 aromatic heterocycles. The summed E-state index contributed by atoms with van der Waals surface area (Å²) in [6, 6.07) is 2.26. The molecule has 98 valence electrons. The highest BCUT2D eigenvalue weighted by molar-refractivity contribution is 5.56. The molecule has 0 unspecified atom stereocenters. The zero-order chi connectivity index (χ0) is 13.5. The van der Waals surface area contributed by atoms with E-state index in [1.54, 1.807) is 0 Å². The van der Waals surface area contributed by atoms with Gasteiger partial charge in [0.15, 0.2) is 5.82 Å². The lowest BCUT2D eigenvalue weighted by molar-refractivity contribution is 0.606. The standard InChI is InChI=1S/C14H22N4/c1-5-11-12(9-15)14(16-8-7-10(3)4)18-17-13(11)6-2/h10H,5-8H2,1-4H3,(H,16,18). The van der Waals surface area contributed by atoms with Crippen LogP contribution in [-0.4, -0.2) is 16.7 Å². The van der Waals surface area contributed by atoms with Crippen molar-refractivity contribution >= 4 is 5.82 Å². The van der Waals surface area contributed by atoms with Gasteiger partial charge in [0.25, 0.3) is 0 Å². The van der Waals surface area contributed by atoms with E-state index in [-0.39, 0.29) is 0 Å². The van der Waals surface area contributed by atoms with Crippen LogP contribution >= 0.6 is 0 Å². The molecule has 0 aliphatic rings. The fourth-order valence-electron chi connectivity index (χ4n) is 1.90. The predicted octanol–water partition coefficient (Wildman–Crippen LogP) is 2.93. The Morgan fingerprint density at radius 3 is 2.44 bits per heavy atom. The third-order valence-corrected chi connectivity index (χ3v) is 2.97. The van der Waals surface area contributed by atoms with Gasteiger partial charge in [-0.2, -0.15) is 10.4 Å². The molecule has 0 fully saturated rings. The Bertz CT molecular complexity index is 432. The molecule has 0 saturated carbocycles. The summed E-state index contributed by atoms with van der Waals surface area (Å²) in [6.07, 6.45) is 2.70. The second-order valence-electron chi connectivity index (χ2n) is 4.78. The molecule has 1 aromatic rings. The Morgan fingerprint density at radius 2 is 1.94 bits per heavy atom. The second kappa shape index (κ2) is 6.95. The molecule has 1 rings (SSSR count). The summed E-state index contributed by atoms with van der Waals surface area (Å²) < 4.78 is 0. The maximum absolute atomic E-state index is 9.30. The largest absolute Gasteiger partial charge is 0.367 e. The molecule has 0 saturated heterocycles. The zero-order valence-corrected chi connectivity index (χ0v) is 11.7. The van der Waals surface area contributed by atoms with Crippen molar-refractivity contribution < 1.29 is 0 Å². The van der Waals surface area contributed by atoms with E-state index < -0.39 is 0 Å². The molecule has 0 aromatic carbocycles. The molecule has 0 aliphatic heterocycles. The molecule has 0 radical (unpaired) electrons. The first-order chi connectivity index (χ1) is 8.63. The number of rotatable bonds is 6. The van der Waals surface area contributed by atoms with Crippen LogP contribution in [0.25, 0.3) is 0 Å². The van der Waals surface area contributed by atoms with Crippen LogP contribution in [0.3, 0.4) is 0 Å². The van der Waals surface area contributed by atoms with Crippen LogP contribution in [0.1, 0.15) is 50.9 Å². The van der Waals surface area contributed by atoms with Gasteiger partial charge in [-0.25, -0.2) is 0 Å². The van der Waals surface area contributed by atoms with E-state index >= 15 is 0 Å². The van der Waals surface area contributed by atoms with Crippen molar-refractivity contribution in [2.24, 2.45) is 5.92 Å². The van der Waals surface area contributed by atoms with Crippen LogP contribution in [0.4, 0.5) is 5.82 Å². The molecular weight excluding hydrogens is 224 g/mol. The molecule has 0 spiro atoms. The number of anilines is 1. The molecule has 0 amide bonds. The summed E-state index contributed by atoms with van der Waals surface area (Å²) in [6.45, 7) is 9.27. The van der Waals surface area contributed by atoms with Gasteiger partial charge in [0.05, 0.1) is 5.69 Å². The molecule has 4 heteroatoms. The Labute approximate surface area is 109 Å². The van der Waals surface area contributed by atoms with Crippen LogP contribution in [0.2, 0.25) is 0 Å². The van der Waals surface area contributed by atoms with Gasteiger partial charge in [0.1, 0.15) is 11.6 Å². The van der Waals surface area contributed by atoms with Gasteiger partial charge in [0.2, 0.25) is 0 Å². The lowest BCUT2D eigenvalue weighted by Crippen LogP contribution is -2.12. The van der Waals surface area contributed by atoms with Gasteiger partial charge in [-0.3, -0.25) is 0 Å². The minimum atomic E-state index is 0.632. The number of hydrogen-bond acceptors (Lipinski definition) is 4. The Morgan fingerprint density at radius 1 is 1.22 bits per heavy atom. The fourth-order valence-corrected chi connectivity index (χ4v) is 1.90. The first kappa shape index (κ1) is 14.4. The number of nitrogens with one attached hydrogen (secondary N) is 1. The van der Waals surface area contributed by atoms with Gasteiger partial charge in [-0.15, -0.1) is 5.10 Å². The molecule has 1 N–H and O–H groups in total. The number of nitriles is 1. The molecule has 0 atom stereocenters. The molecule has 4 nitrogen and oxygen atoms in total. The fraction of sp³-hybridized carbons (Fsp3) is 0.643. The highest BCUT2D eigenvalue weighted by atomic mass is 15.2. The van der Waals surface area contributed by atoms with Crippen LogP contribution < -0.4 is 5.32 Å². The summed E-state index contributed by atoms with van der Waals surface area (Å²) in [4.78, 5) is 0. The van der Waals surface area contributed by atoms with Crippen molar-refractivity contribution in [2.75, 3.05) is 11.9 Å². The normalized spacial score (nSPS) is 10.4. The zero-order valence-electron chi connectivity index (χ0n) is 11.7. The molecule has 1 heterocycles. The third-order valence-electron chi connectivity index (χ3n) is 2.97. The molecular formula is C14H22N4. The van der Waals surface area contributed by atoms with Gasteiger partial charge < -0.3 is 5.32 Å². The Balaban J connectivity index is 2.95. The maximum Gasteiger partial charge on any atom is 0.166 e. The molecule has 18 heavy (non-hydrogen) atoms. The van der Waals surface area contributed by atoms with E-state index in [9.17, 15) is 5.26 Å². The van der Waals surface area contributed by atoms with Crippen LogP contribution in [0.5, 0.6) is 0 Å². The van der Waals surface area contributed by atoms with Crippen LogP contribution in [0.15, 0.2) is 0 Å². The van der Waals surface area contributed by atoms with Crippen molar-refractivity contribution in [3.8, 4) is 6.07 Å². The van der Waals surface area contributed by atoms with Crippen LogP contribution in [0, 0.1) is 17.2 Å². The van der Waals surface area contributed by atoms with Crippen LogP contribution in [-0.2, 0) is 12.8 Å². The van der Waals surface area contributed by atoms with Crippen molar-refractivity contribution in [3.05, 3.63) is 16.8 Å². The molecule has 0 aliphatic carbocycles. The minimum Gasteiger partial charge on any atom is -0.367 e. The van der Waals surface area contributed by atoms with E-state index in [1.165, 1.54) is 0 Å². The maximum atomic E-state index is 9.30. The Kier molecular flexibility index (Phi) is 5.57. The summed E-state index contributed by atoms with van der Waals surface area (Å²) in [5.74, 6) is 1.27. The number of aryl methyl sites for hydroxylation is 1. The van der Waals surface area contributed by atoms with Crippen molar-refractivity contribution in [1.82, 2.24) is 10.2 Å². The smallest absolute Gasteiger partial charge is 0.166 e. The van der Waals surface area contributed by atoms with Gasteiger partial charge >= 0.3 is 0 Å². The van der Waals surface area contributed by atoms with E-state index in [1.807, 2.05) is 6.92 Å². The minimum absolute atomic E-state index is 0.632. The highest BCUT2D eigenvalue weighted by Crippen LogP contribution is 2.19. The average molecular weight is 246 g/mol. The van der Waals surface area contributed by atoms with E-state index in [0.717, 1.165) is 37.1 Å². The van der Waals surface area contributed by atoms with Gasteiger partial charge in [0, 0.05) is 6.54 Å². The van der Waals surface area contributed by atoms with Crippen molar-refractivity contribution in [1.29, 1.82) is 5.26 Å². The van der Waals surface area contributed by atoms with Crippen molar-refractivity contribution in [2.45, 2.75) is 47.0 Å². The second-order valence-corrected chi connectivity index (χ2v) is 4.78. The quantitative estimate of drug-likeness (QED) is 0.838. The van der Waals surface area contributed by atoms with E-state index in [2.05, 4.69) is 42.4 Å². The highest BCUT2D eigenvalue weighted by Gasteiger charge is 2.13. The van der Waals surface area contributed by atoms with Gasteiger partial charge in [-0.1, -0.05) is 27.7 Å². The first-order valence-electron chi connectivity index (χ1n) is 6.66. The van der Waals surface area contributed by atoms with E-state index in [0.29, 0.717) is 17.3 Å². The topological polar surface area (TPSA) is 61.6 Å². The molecule has 0 bridgehead atoms. The number of nitrogens with zero attached hydrogens (tertiary/aromatic N) is 3. The third kappa shape index (κ3) is 3.43. The van der Waals surface area contributed by atoms with E-state index in [4.69, 9.17) is 0 Å². The average Bonchev–Trinajstić information content (AvgIpc) is 2.37. The lowest BCUT2D eigenvalue weighted by Gasteiger charge is -2.12. The lowest BCUT2D eigenvalue weighted by atomic mass is 10.0. The monoisotopic (exact) mass is 246 g/mol. The number of hydrogen-bond donors (Lipinski definition) is 1.